The summed E-state index contributed by atoms with van der Waals surface area (Å²) >= 11 is 0. The standard InChI is InChI=1S/C36H48N2O9/c1-42-20-21-43-22-23-44-24-25-45-26-27-46-35(40)14-15-36(41)47-33-12-13-34-31(28-33)16-19-38(34)18-6-4-2-3-5-9-32(39)11-10-30-8-7-17-37-29-30/h7-8,10-13,16-17,19,28-29H,2-6,9,14-15,18,20-27H2,1H3/b11-10+. The van der Waals surface area contributed by atoms with Crippen LogP contribution in [0, 0.1) is 0 Å². The van der Waals surface area contributed by atoms with Crippen molar-refractivity contribution in [3.05, 3.63) is 66.6 Å². The lowest BCUT2D eigenvalue weighted by Crippen LogP contribution is -2.16. The van der Waals surface area contributed by atoms with Crippen LogP contribution in [0.4, 0.5) is 0 Å². The molecule has 0 radical (unpaired) electrons. The maximum atomic E-state index is 12.3. The highest BCUT2D eigenvalue weighted by molar-refractivity contribution is 5.93. The van der Waals surface area contributed by atoms with Crippen LogP contribution in [-0.4, -0.2) is 87.2 Å². The Morgan fingerprint density at radius 2 is 1.47 bits per heavy atom. The quantitative estimate of drug-likeness (QED) is 0.0470. The number of methoxy groups -OCH3 is 1. The Labute approximate surface area is 277 Å². The molecule has 0 N–H and O–H groups in total. The Morgan fingerprint density at radius 3 is 2.21 bits per heavy atom. The molecular formula is C36H48N2O9. The lowest BCUT2D eigenvalue weighted by atomic mass is 10.1. The molecule has 11 nitrogen and oxygen atoms in total. The normalized spacial score (nSPS) is 11.3. The molecule has 0 fully saturated rings. The third-order valence-corrected chi connectivity index (χ3v) is 7.14. The molecule has 2 heterocycles. The zero-order valence-corrected chi connectivity index (χ0v) is 27.4. The zero-order valence-electron chi connectivity index (χ0n) is 27.4. The van der Waals surface area contributed by atoms with Crippen molar-refractivity contribution in [2.75, 3.05) is 60.0 Å². The van der Waals surface area contributed by atoms with Gasteiger partial charge in [-0.1, -0.05) is 25.3 Å². The number of carbonyl (C=O) groups is 3. The van der Waals surface area contributed by atoms with Gasteiger partial charge in [0.2, 0.25) is 0 Å². The molecule has 11 heteroatoms. The topological polar surface area (TPSA) is 124 Å². The maximum absolute atomic E-state index is 12.3. The van der Waals surface area contributed by atoms with Crippen LogP contribution in [0.25, 0.3) is 17.0 Å². The van der Waals surface area contributed by atoms with E-state index in [4.69, 9.17) is 28.4 Å². The van der Waals surface area contributed by atoms with E-state index in [1.54, 1.807) is 31.6 Å². The van der Waals surface area contributed by atoms with E-state index in [0.29, 0.717) is 51.8 Å². The number of ketones is 1. The number of hydrogen-bond donors (Lipinski definition) is 0. The molecule has 0 aliphatic rings. The lowest BCUT2D eigenvalue weighted by molar-refractivity contribution is -0.148. The molecule has 0 aliphatic heterocycles. The molecule has 0 aliphatic carbocycles. The Kier molecular flexibility index (Phi) is 18.7. The van der Waals surface area contributed by atoms with Crippen molar-refractivity contribution in [2.45, 2.75) is 57.9 Å². The van der Waals surface area contributed by atoms with E-state index in [1.165, 1.54) is 0 Å². The van der Waals surface area contributed by atoms with Gasteiger partial charge in [-0.15, -0.1) is 0 Å². The first-order valence-electron chi connectivity index (χ1n) is 16.3. The van der Waals surface area contributed by atoms with Gasteiger partial charge in [-0.3, -0.25) is 19.4 Å². The zero-order chi connectivity index (χ0) is 33.4. The summed E-state index contributed by atoms with van der Waals surface area (Å²) in [6.07, 6.45) is 14.5. The number of rotatable bonds is 26. The number of aryl methyl sites for hydroxylation is 1. The van der Waals surface area contributed by atoms with Gasteiger partial charge in [-0.05, 0) is 60.9 Å². The monoisotopic (exact) mass is 652 g/mol. The average molecular weight is 653 g/mol. The van der Waals surface area contributed by atoms with E-state index in [9.17, 15) is 14.4 Å². The van der Waals surface area contributed by atoms with Crippen molar-refractivity contribution < 1.29 is 42.8 Å². The summed E-state index contributed by atoms with van der Waals surface area (Å²) in [4.78, 5) is 40.4. The summed E-state index contributed by atoms with van der Waals surface area (Å²) in [5, 5.41) is 0.980. The predicted octanol–water partition coefficient (Wildman–Crippen LogP) is 5.58. The van der Waals surface area contributed by atoms with E-state index in [-0.39, 0.29) is 31.8 Å². The number of ether oxygens (including phenoxy) is 6. The fourth-order valence-corrected chi connectivity index (χ4v) is 4.65. The van der Waals surface area contributed by atoms with E-state index < -0.39 is 11.9 Å². The van der Waals surface area contributed by atoms with Crippen molar-refractivity contribution in [3.8, 4) is 5.75 Å². The van der Waals surface area contributed by atoms with Gasteiger partial charge >= 0.3 is 11.9 Å². The minimum Gasteiger partial charge on any atom is -0.463 e. The number of pyridine rings is 1. The summed E-state index contributed by atoms with van der Waals surface area (Å²) in [7, 11) is 1.62. The van der Waals surface area contributed by atoms with Crippen LogP contribution in [0.3, 0.4) is 0 Å². The molecule has 0 saturated carbocycles. The first-order valence-corrected chi connectivity index (χ1v) is 16.3. The summed E-state index contributed by atoms with van der Waals surface area (Å²) in [5.41, 5.74) is 2.00. The number of aromatic nitrogens is 2. The average Bonchev–Trinajstić information content (AvgIpc) is 3.48. The van der Waals surface area contributed by atoms with Crippen LogP contribution in [-0.2, 0) is 44.6 Å². The smallest absolute Gasteiger partial charge is 0.311 e. The summed E-state index contributed by atoms with van der Waals surface area (Å²) < 4.78 is 33.7. The van der Waals surface area contributed by atoms with Crippen LogP contribution in [0.2, 0.25) is 0 Å². The van der Waals surface area contributed by atoms with Crippen LogP contribution >= 0.6 is 0 Å². The number of fused-ring (bicyclic) bond motifs is 1. The largest absolute Gasteiger partial charge is 0.463 e. The predicted molar refractivity (Wildman–Crippen MR) is 178 cm³/mol. The van der Waals surface area contributed by atoms with Gasteiger partial charge in [0.1, 0.15) is 12.4 Å². The second-order valence-electron chi connectivity index (χ2n) is 10.9. The molecule has 1 aromatic carbocycles. The second kappa shape index (κ2) is 23.4. The molecule has 256 valence electrons. The van der Waals surface area contributed by atoms with E-state index >= 15 is 0 Å². The summed E-state index contributed by atoms with van der Waals surface area (Å²) in [5.74, 6) is -0.389. The number of carbonyl (C=O) groups excluding carboxylic acids is 3. The number of unbranched alkanes of at least 4 members (excludes halogenated alkanes) is 4. The molecule has 3 rings (SSSR count). The molecule has 47 heavy (non-hydrogen) atoms. The Hall–Kier alpha value is -3.90. The molecule has 0 bridgehead atoms. The summed E-state index contributed by atoms with van der Waals surface area (Å²) in [6, 6.07) is 11.3. The van der Waals surface area contributed by atoms with Crippen LogP contribution in [0.15, 0.2) is 61.1 Å². The van der Waals surface area contributed by atoms with Gasteiger partial charge < -0.3 is 33.0 Å². The SMILES string of the molecule is COCCOCCOCCOCCOC(=O)CCC(=O)Oc1ccc2c(ccn2CCCCCCCC(=O)/C=C/c2cccnc2)c1. The first kappa shape index (κ1) is 37.6. The maximum Gasteiger partial charge on any atom is 0.311 e. The minimum absolute atomic E-state index is 0.0663. The molecule has 0 saturated heterocycles. The molecule has 3 aromatic rings. The van der Waals surface area contributed by atoms with Gasteiger partial charge in [0.05, 0.1) is 59.1 Å². The minimum atomic E-state index is -0.494. The molecule has 0 atom stereocenters. The molecule has 0 amide bonds. The van der Waals surface area contributed by atoms with E-state index in [1.807, 2.05) is 42.6 Å². The first-order chi connectivity index (χ1) is 23.0. The molecule has 0 spiro atoms. The lowest BCUT2D eigenvalue weighted by Gasteiger charge is -2.08. The fraction of sp³-hybridized carbons (Fsp3) is 0.500. The number of benzene rings is 1. The number of hydrogen-bond acceptors (Lipinski definition) is 10. The highest BCUT2D eigenvalue weighted by atomic mass is 16.6. The molecule has 2 aromatic heterocycles. The highest BCUT2D eigenvalue weighted by Gasteiger charge is 2.11. The molecular weight excluding hydrogens is 604 g/mol. The van der Waals surface area contributed by atoms with Gasteiger partial charge in [-0.25, -0.2) is 0 Å². The second-order valence-corrected chi connectivity index (χ2v) is 10.9. The third-order valence-electron chi connectivity index (χ3n) is 7.14. The Balaban J connectivity index is 1.20. The van der Waals surface area contributed by atoms with Gasteiger partial charge in [0, 0.05) is 49.6 Å². The van der Waals surface area contributed by atoms with Crippen LogP contribution in [0.1, 0.15) is 56.9 Å². The van der Waals surface area contributed by atoms with Crippen LogP contribution in [0.5, 0.6) is 5.75 Å². The number of allylic oxidation sites excluding steroid dienone is 1. The third kappa shape index (κ3) is 16.5. The van der Waals surface area contributed by atoms with Crippen molar-refractivity contribution in [1.29, 1.82) is 0 Å². The Morgan fingerprint density at radius 1 is 0.766 bits per heavy atom. The summed E-state index contributed by atoms with van der Waals surface area (Å²) in [6.45, 7) is 4.10. The van der Waals surface area contributed by atoms with E-state index in [2.05, 4.69) is 9.55 Å². The van der Waals surface area contributed by atoms with Crippen molar-refractivity contribution in [2.24, 2.45) is 0 Å². The van der Waals surface area contributed by atoms with Crippen LogP contribution < -0.4 is 4.74 Å². The number of esters is 2. The van der Waals surface area contributed by atoms with Gasteiger partial charge in [-0.2, -0.15) is 0 Å². The van der Waals surface area contributed by atoms with E-state index in [0.717, 1.165) is 55.1 Å². The van der Waals surface area contributed by atoms with Crippen molar-refractivity contribution in [1.82, 2.24) is 9.55 Å². The fourth-order valence-electron chi connectivity index (χ4n) is 4.65. The highest BCUT2D eigenvalue weighted by Crippen LogP contribution is 2.23. The Bertz CT molecular complexity index is 1360. The van der Waals surface area contributed by atoms with Crippen molar-refractivity contribution in [3.63, 3.8) is 0 Å². The number of nitrogens with zero attached hydrogens (tertiary/aromatic N) is 2. The van der Waals surface area contributed by atoms with Gasteiger partial charge in [0.25, 0.3) is 0 Å². The van der Waals surface area contributed by atoms with Gasteiger partial charge in [0.15, 0.2) is 5.78 Å². The van der Waals surface area contributed by atoms with Crippen molar-refractivity contribution >= 4 is 34.7 Å². The molecule has 0 unspecified atom stereocenters.